The lowest BCUT2D eigenvalue weighted by Gasteiger charge is -2.12. The van der Waals surface area contributed by atoms with Gasteiger partial charge in [-0.15, -0.1) is 0 Å². The van der Waals surface area contributed by atoms with Gasteiger partial charge in [-0.05, 0) is 23.6 Å². The van der Waals surface area contributed by atoms with Crippen molar-refractivity contribution in [3.8, 4) is 5.75 Å². The van der Waals surface area contributed by atoms with E-state index in [-0.39, 0.29) is 10.5 Å². The molecule has 0 saturated heterocycles. The molecule has 0 amide bonds. The minimum atomic E-state index is -3.83. The Kier molecular flexibility index (Phi) is 4.86. The number of benzene rings is 1. The first-order valence-electron chi connectivity index (χ1n) is 5.64. The van der Waals surface area contributed by atoms with Crippen LogP contribution in [0.2, 0.25) is 0 Å². The van der Waals surface area contributed by atoms with Gasteiger partial charge in [0.05, 0.1) is 4.90 Å². The fourth-order valence-corrected chi connectivity index (χ4v) is 3.60. The van der Waals surface area contributed by atoms with Gasteiger partial charge >= 0.3 is 6.61 Å². The van der Waals surface area contributed by atoms with Crippen LogP contribution in [0.25, 0.3) is 0 Å². The number of nitrogens with one attached hydrogen (secondary N) is 1. The molecule has 0 bridgehead atoms. The van der Waals surface area contributed by atoms with Crippen LogP contribution in [0.4, 0.5) is 13.2 Å². The minimum Gasteiger partial charge on any atom is -0.434 e. The molecule has 1 N–H and O–H groups in total. The Morgan fingerprint density at radius 3 is 2.67 bits per heavy atom. The highest BCUT2D eigenvalue weighted by molar-refractivity contribution is 7.89. The van der Waals surface area contributed by atoms with E-state index < -0.39 is 34.7 Å². The molecule has 9 heteroatoms. The average Bonchev–Trinajstić information content (AvgIpc) is 2.92. The normalized spacial score (nSPS) is 11.8. The van der Waals surface area contributed by atoms with Crippen LogP contribution in [0, 0.1) is 5.82 Å². The Hall–Kier alpha value is -1.58. The van der Waals surface area contributed by atoms with E-state index in [4.69, 9.17) is 0 Å². The van der Waals surface area contributed by atoms with E-state index in [1.54, 1.807) is 5.38 Å². The molecule has 0 aliphatic rings. The van der Waals surface area contributed by atoms with E-state index >= 15 is 0 Å². The third-order valence-electron chi connectivity index (χ3n) is 2.54. The molecule has 0 radical (unpaired) electrons. The largest absolute Gasteiger partial charge is 0.434 e. The summed E-state index contributed by atoms with van der Waals surface area (Å²) in [5.74, 6) is -1.24. The van der Waals surface area contributed by atoms with Gasteiger partial charge < -0.3 is 4.74 Å². The second kappa shape index (κ2) is 6.46. The maximum absolute atomic E-state index is 13.7. The molecule has 0 atom stereocenters. The molecule has 0 aliphatic heterocycles. The fourth-order valence-electron chi connectivity index (χ4n) is 1.57. The number of alkyl halides is 2. The first kappa shape index (κ1) is 15.8. The summed E-state index contributed by atoms with van der Waals surface area (Å²) in [6, 6.07) is 4.75. The van der Waals surface area contributed by atoms with Crippen molar-refractivity contribution in [3.63, 3.8) is 0 Å². The van der Waals surface area contributed by atoms with Crippen molar-refractivity contribution in [1.29, 1.82) is 0 Å². The van der Waals surface area contributed by atoms with Crippen molar-refractivity contribution in [2.24, 2.45) is 0 Å². The Morgan fingerprint density at radius 1 is 1.29 bits per heavy atom. The second-order valence-electron chi connectivity index (χ2n) is 3.88. The summed E-state index contributed by atoms with van der Waals surface area (Å²) in [5.41, 5.74) is -0.281. The van der Waals surface area contributed by atoms with Crippen molar-refractivity contribution in [3.05, 3.63) is 46.4 Å². The highest BCUT2D eigenvalue weighted by atomic mass is 32.2. The van der Waals surface area contributed by atoms with Gasteiger partial charge in [-0.1, -0.05) is 6.07 Å². The Balaban J connectivity index is 2.20. The summed E-state index contributed by atoms with van der Waals surface area (Å²) < 4.78 is 68.3. The topological polar surface area (TPSA) is 55.4 Å². The molecule has 0 saturated carbocycles. The predicted octanol–water partition coefficient (Wildman–Crippen LogP) is 2.97. The monoisotopic (exact) mass is 337 g/mol. The summed E-state index contributed by atoms with van der Waals surface area (Å²) in [5, 5.41) is 2.98. The summed E-state index contributed by atoms with van der Waals surface area (Å²) >= 11 is 1.19. The van der Waals surface area contributed by atoms with E-state index in [1.165, 1.54) is 28.8 Å². The summed E-state index contributed by atoms with van der Waals surface area (Å²) in [6.45, 7) is -3.62. The number of hydrogen-bond donors (Lipinski definition) is 1. The van der Waals surface area contributed by atoms with Crippen molar-refractivity contribution in [2.45, 2.75) is 18.1 Å². The molecule has 21 heavy (non-hydrogen) atoms. The zero-order valence-electron chi connectivity index (χ0n) is 10.4. The molecular formula is C12H10F3NO3S2. The number of halogens is 3. The number of thiophene rings is 1. The van der Waals surface area contributed by atoms with Gasteiger partial charge in [-0.25, -0.2) is 17.5 Å². The molecule has 0 fully saturated rings. The van der Waals surface area contributed by atoms with E-state index in [9.17, 15) is 21.6 Å². The molecule has 1 heterocycles. The van der Waals surface area contributed by atoms with Crippen molar-refractivity contribution in [2.75, 3.05) is 0 Å². The van der Waals surface area contributed by atoms with Gasteiger partial charge in [-0.3, -0.25) is 0 Å². The van der Waals surface area contributed by atoms with Gasteiger partial charge in [-0.2, -0.15) is 20.1 Å². The van der Waals surface area contributed by atoms with Crippen molar-refractivity contribution in [1.82, 2.24) is 4.72 Å². The molecule has 2 aromatic rings. The highest BCUT2D eigenvalue weighted by Gasteiger charge is 2.18. The first-order valence-corrected chi connectivity index (χ1v) is 8.07. The second-order valence-corrected chi connectivity index (χ2v) is 6.43. The zero-order chi connectivity index (χ0) is 15.5. The van der Waals surface area contributed by atoms with Gasteiger partial charge in [0, 0.05) is 17.5 Å². The van der Waals surface area contributed by atoms with Gasteiger partial charge in [0.1, 0.15) is 11.6 Å². The Morgan fingerprint density at radius 2 is 2.05 bits per heavy atom. The molecule has 4 nitrogen and oxygen atoms in total. The third kappa shape index (κ3) is 3.96. The summed E-state index contributed by atoms with van der Waals surface area (Å²) in [6.07, 6.45) is 0. The fraction of sp³-hybridized carbons (Fsp3) is 0.167. The lowest BCUT2D eigenvalue weighted by molar-refractivity contribution is -0.0506. The third-order valence-corrected chi connectivity index (χ3v) is 4.77. The molecule has 0 spiro atoms. The van der Waals surface area contributed by atoms with E-state index in [2.05, 4.69) is 9.46 Å². The van der Waals surface area contributed by atoms with Crippen LogP contribution in [0.5, 0.6) is 5.75 Å². The highest BCUT2D eigenvalue weighted by Crippen LogP contribution is 2.24. The molecule has 2 rings (SSSR count). The quantitative estimate of drug-likeness (QED) is 0.882. The lowest BCUT2D eigenvalue weighted by Crippen LogP contribution is -2.24. The van der Waals surface area contributed by atoms with Crippen molar-refractivity contribution >= 4 is 21.4 Å². The average molecular weight is 337 g/mol. The van der Waals surface area contributed by atoms with Crippen molar-refractivity contribution < 1.29 is 26.3 Å². The Bertz CT molecular complexity index is 703. The predicted molar refractivity (Wildman–Crippen MR) is 71.4 cm³/mol. The number of sulfonamides is 1. The van der Waals surface area contributed by atoms with Gasteiger partial charge in [0.15, 0.2) is 0 Å². The maximum atomic E-state index is 13.7. The Labute approximate surface area is 123 Å². The van der Waals surface area contributed by atoms with E-state index in [0.717, 1.165) is 12.1 Å². The molecule has 0 unspecified atom stereocenters. The van der Waals surface area contributed by atoms with E-state index in [0.29, 0.717) is 0 Å². The van der Waals surface area contributed by atoms with Crippen LogP contribution < -0.4 is 9.46 Å². The van der Waals surface area contributed by atoms with Crippen LogP contribution >= 0.6 is 11.3 Å². The number of ether oxygens (including phenoxy) is 1. The van der Waals surface area contributed by atoms with Crippen LogP contribution in [0.3, 0.4) is 0 Å². The van der Waals surface area contributed by atoms with Crippen LogP contribution in [-0.4, -0.2) is 15.0 Å². The smallest absolute Gasteiger partial charge is 0.387 e. The number of rotatable bonds is 6. The van der Waals surface area contributed by atoms with Gasteiger partial charge in [0.2, 0.25) is 10.0 Å². The minimum absolute atomic E-state index is 0.0279. The van der Waals surface area contributed by atoms with Gasteiger partial charge in [0.25, 0.3) is 0 Å². The standard InChI is InChI=1S/C12H10F3NO3S2/c13-10-2-1-3-11(19-12(14)15)9(10)6-16-21(17,18)8-4-5-20-7-8/h1-5,7,12,16H,6H2. The SMILES string of the molecule is O=S(=O)(NCc1c(F)cccc1OC(F)F)c1ccsc1. The summed E-state index contributed by atoms with van der Waals surface area (Å²) in [7, 11) is -3.83. The summed E-state index contributed by atoms with van der Waals surface area (Å²) in [4.78, 5) is 0.0279. The van der Waals surface area contributed by atoms with Crippen LogP contribution in [0.15, 0.2) is 39.9 Å². The molecule has 0 aliphatic carbocycles. The molecule has 114 valence electrons. The number of hydrogen-bond acceptors (Lipinski definition) is 4. The zero-order valence-corrected chi connectivity index (χ0v) is 12.1. The molecule has 1 aromatic heterocycles. The van der Waals surface area contributed by atoms with Crippen LogP contribution in [0.1, 0.15) is 5.56 Å². The lowest BCUT2D eigenvalue weighted by atomic mass is 10.2. The van der Waals surface area contributed by atoms with E-state index in [1.807, 2.05) is 0 Å². The molecular weight excluding hydrogens is 327 g/mol. The molecule has 1 aromatic carbocycles. The van der Waals surface area contributed by atoms with Crippen LogP contribution in [-0.2, 0) is 16.6 Å². The maximum Gasteiger partial charge on any atom is 0.387 e. The first-order chi connectivity index (χ1) is 9.90.